The van der Waals surface area contributed by atoms with Gasteiger partial charge < -0.3 is 0 Å². The molecule has 2 aromatic heterocycles. The molecule has 10 rings (SSSR count). The Labute approximate surface area is 326 Å². The van der Waals surface area contributed by atoms with Crippen LogP contribution in [0.3, 0.4) is 0 Å². The average molecular weight is 716 g/mol. The molecule has 3 nitrogen and oxygen atoms in total. The molecule has 0 amide bonds. The SMILES string of the molecule is Cc1cc(-c2cccc(-c3cc(-c4ccc5c6ccccc6c6ccccc6c5c4)cc(-c4nc(-c5ccccc5)cc(-c5ccccc5)n4)c3)c2)cc(C)n1. The Morgan fingerprint density at radius 1 is 0.250 bits per heavy atom. The molecule has 10 aromatic rings. The highest BCUT2D eigenvalue weighted by atomic mass is 14.9. The lowest BCUT2D eigenvalue weighted by molar-refractivity contribution is 1.12. The second-order valence-corrected chi connectivity index (χ2v) is 14.6. The van der Waals surface area contributed by atoms with Crippen LogP contribution in [0, 0.1) is 13.8 Å². The van der Waals surface area contributed by atoms with E-state index in [4.69, 9.17) is 9.97 Å². The summed E-state index contributed by atoms with van der Waals surface area (Å²) < 4.78 is 0. The van der Waals surface area contributed by atoms with E-state index in [1.54, 1.807) is 0 Å². The molecule has 0 spiro atoms. The van der Waals surface area contributed by atoms with Gasteiger partial charge in [0.05, 0.1) is 11.4 Å². The number of benzene rings is 8. The Kier molecular flexibility index (Phi) is 8.26. The fourth-order valence-corrected chi connectivity index (χ4v) is 8.15. The van der Waals surface area contributed by atoms with Gasteiger partial charge in [0.1, 0.15) is 0 Å². The standard InChI is InChI=1S/C53H37N3/c1-34-26-41(27-35(2)54-34)38-18-13-19-39(28-38)42-29-43(40-24-25-49-47-22-10-9-20-45(47)46-21-11-12-23-48(46)50(49)32-40)31-44(30-42)53-55-51(36-14-5-3-6-15-36)33-52(56-53)37-16-7-4-8-17-37/h3-33H,1-2H3. The lowest BCUT2D eigenvalue weighted by Gasteiger charge is -2.15. The number of nitrogens with zero attached hydrogens (tertiary/aromatic N) is 3. The Morgan fingerprint density at radius 2 is 0.643 bits per heavy atom. The van der Waals surface area contributed by atoms with Crippen molar-refractivity contribution in [3.05, 3.63) is 199 Å². The predicted octanol–water partition coefficient (Wildman–Crippen LogP) is 14.0. The molecule has 8 aromatic carbocycles. The van der Waals surface area contributed by atoms with E-state index in [-0.39, 0.29) is 0 Å². The normalized spacial score (nSPS) is 11.4. The van der Waals surface area contributed by atoms with Crippen molar-refractivity contribution >= 4 is 32.3 Å². The van der Waals surface area contributed by atoms with Crippen LogP contribution < -0.4 is 0 Å². The third kappa shape index (κ3) is 6.19. The Balaban J connectivity index is 1.21. The van der Waals surface area contributed by atoms with Gasteiger partial charge >= 0.3 is 0 Å². The number of hydrogen-bond donors (Lipinski definition) is 0. The summed E-state index contributed by atoms with van der Waals surface area (Å²) in [6, 6.07) is 67.2. The fraction of sp³-hybridized carbons (Fsp3) is 0.0377. The van der Waals surface area contributed by atoms with Crippen LogP contribution in [0.1, 0.15) is 11.4 Å². The molecule has 0 fully saturated rings. The highest BCUT2D eigenvalue weighted by Crippen LogP contribution is 2.40. The Bertz CT molecular complexity index is 2980. The van der Waals surface area contributed by atoms with Crippen molar-refractivity contribution in [1.29, 1.82) is 0 Å². The highest BCUT2D eigenvalue weighted by molar-refractivity contribution is 6.25. The summed E-state index contributed by atoms with van der Waals surface area (Å²) in [5, 5.41) is 7.54. The van der Waals surface area contributed by atoms with Gasteiger partial charge in [0, 0.05) is 28.1 Å². The van der Waals surface area contributed by atoms with Gasteiger partial charge in [0.15, 0.2) is 5.82 Å². The van der Waals surface area contributed by atoms with E-state index in [1.807, 2.05) is 12.1 Å². The van der Waals surface area contributed by atoms with Crippen LogP contribution in [-0.2, 0) is 0 Å². The molecule has 0 aliphatic rings. The summed E-state index contributed by atoms with van der Waals surface area (Å²) in [5.74, 6) is 0.682. The summed E-state index contributed by atoms with van der Waals surface area (Å²) in [4.78, 5) is 15.2. The van der Waals surface area contributed by atoms with Crippen LogP contribution in [0.2, 0.25) is 0 Å². The van der Waals surface area contributed by atoms with Crippen LogP contribution in [0.15, 0.2) is 188 Å². The molecule has 0 atom stereocenters. The molecule has 0 unspecified atom stereocenters. The molecule has 0 saturated heterocycles. The molecule has 0 aliphatic carbocycles. The number of hydrogen-bond acceptors (Lipinski definition) is 3. The fourth-order valence-electron chi connectivity index (χ4n) is 8.15. The second kappa shape index (κ2) is 13.9. The number of fused-ring (bicyclic) bond motifs is 6. The highest BCUT2D eigenvalue weighted by Gasteiger charge is 2.16. The first-order chi connectivity index (χ1) is 27.5. The molecule has 0 N–H and O–H groups in total. The van der Waals surface area contributed by atoms with Gasteiger partial charge in [-0.25, -0.2) is 9.97 Å². The molecule has 2 heterocycles. The molecule has 3 heteroatoms. The minimum Gasteiger partial charge on any atom is -0.258 e. The monoisotopic (exact) mass is 715 g/mol. The maximum absolute atomic E-state index is 5.26. The van der Waals surface area contributed by atoms with Gasteiger partial charge in [-0.15, -0.1) is 0 Å². The third-order valence-electron chi connectivity index (χ3n) is 10.7. The van der Waals surface area contributed by atoms with Crippen molar-refractivity contribution in [1.82, 2.24) is 15.0 Å². The van der Waals surface area contributed by atoms with E-state index in [0.29, 0.717) is 5.82 Å². The van der Waals surface area contributed by atoms with Crippen LogP contribution in [0.25, 0.3) is 99.6 Å². The molecular weight excluding hydrogens is 679 g/mol. The maximum atomic E-state index is 5.26. The van der Waals surface area contributed by atoms with Gasteiger partial charge in [-0.1, -0.05) is 140 Å². The van der Waals surface area contributed by atoms with E-state index in [2.05, 4.69) is 195 Å². The topological polar surface area (TPSA) is 38.7 Å². The van der Waals surface area contributed by atoms with E-state index in [9.17, 15) is 0 Å². The van der Waals surface area contributed by atoms with Crippen molar-refractivity contribution in [2.45, 2.75) is 13.8 Å². The molecule has 0 aliphatic heterocycles. The number of rotatable bonds is 6. The van der Waals surface area contributed by atoms with Crippen LogP contribution in [-0.4, -0.2) is 15.0 Å². The van der Waals surface area contributed by atoms with Gasteiger partial charge in [0.25, 0.3) is 0 Å². The minimum absolute atomic E-state index is 0.682. The lowest BCUT2D eigenvalue weighted by Crippen LogP contribution is -1.97. The van der Waals surface area contributed by atoms with E-state index in [1.165, 1.54) is 32.3 Å². The quantitative estimate of drug-likeness (QED) is 0.161. The first-order valence-corrected chi connectivity index (χ1v) is 19.1. The summed E-state index contributed by atoms with van der Waals surface area (Å²) in [7, 11) is 0. The van der Waals surface area contributed by atoms with Crippen molar-refractivity contribution in [2.75, 3.05) is 0 Å². The van der Waals surface area contributed by atoms with Crippen molar-refractivity contribution in [2.24, 2.45) is 0 Å². The summed E-state index contributed by atoms with van der Waals surface area (Å²) >= 11 is 0. The molecule has 0 saturated carbocycles. The van der Waals surface area contributed by atoms with E-state index < -0.39 is 0 Å². The van der Waals surface area contributed by atoms with Crippen molar-refractivity contribution in [3.63, 3.8) is 0 Å². The zero-order valence-corrected chi connectivity index (χ0v) is 31.2. The first-order valence-electron chi connectivity index (χ1n) is 19.1. The zero-order chi connectivity index (χ0) is 37.6. The minimum atomic E-state index is 0.682. The van der Waals surface area contributed by atoms with E-state index >= 15 is 0 Å². The van der Waals surface area contributed by atoms with Crippen molar-refractivity contribution in [3.8, 4) is 67.3 Å². The second-order valence-electron chi connectivity index (χ2n) is 14.6. The molecule has 56 heavy (non-hydrogen) atoms. The van der Waals surface area contributed by atoms with Gasteiger partial charge in [-0.2, -0.15) is 0 Å². The number of pyridine rings is 1. The third-order valence-corrected chi connectivity index (χ3v) is 10.7. The predicted molar refractivity (Wildman–Crippen MR) is 234 cm³/mol. The molecule has 0 radical (unpaired) electrons. The van der Waals surface area contributed by atoms with E-state index in [0.717, 1.165) is 72.8 Å². The Hall–Kier alpha value is -7.23. The summed E-state index contributed by atoms with van der Waals surface area (Å²) in [6.07, 6.45) is 0. The molecular formula is C53H37N3. The maximum Gasteiger partial charge on any atom is 0.160 e. The smallest absolute Gasteiger partial charge is 0.160 e. The van der Waals surface area contributed by atoms with Gasteiger partial charge in [0.2, 0.25) is 0 Å². The summed E-state index contributed by atoms with van der Waals surface area (Å²) in [5.41, 5.74) is 13.6. The summed E-state index contributed by atoms with van der Waals surface area (Å²) in [6.45, 7) is 4.11. The number of aryl methyl sites for hydroxylation is 2. The Morgan fingerprint density at radius 3 is 1.18 bits per heavy atom. The van der Waals surface area contributed by atoms with Crippen LogP contribution >= 0.6 is 0 Å². The zero-order valence-electron chi connectivity index (χ0n) is 31.2. The lowest BCUT2D eigenvalue weighted by atomic mass is 9.90. The first kappa shape index (κ1) is 33.3. The van der Waals surface area contributed by atoms with Gasteiger partial charge in [-0.05, 0) is 128 Å². The molecule has 0 bridgehead atoms. The van der Waals surface area contributed by atoms with Crippen LogP contribution in [0.5, 0.6) is 0 Å². The number of aromatic nitrogens is 3. The van der Waals surface area contributed by atoms with Crippen molar-refractivity contribution < 1.29 is 0 Å². The van der Waals surface area contributed by atoms with Crippen LogP contribution in [0.4, 0.5) is 0 Å². The largest absolute Gasteiger partial charge is 0.258 e. The molecule has 264 valence electrons. The average Bonchev–Trinajstić information content (AvgIpc) is 3.26. The van der Waals surface area contributed by atoms with Gasteiger partial charge in [-0.3, -0.25) is 4.98 Å².